The number of aliphatic carboxylic acids is 1. The molecule has 5 nitrogen and oxygen atoms in total. The monoisotopic (exact) mass is 383 g/mol. The van der Waals surface area contributed by atoms with Gasteiger partial charge in [-0.1, -0.05) is 13.8 Å². The van der Waals surface area contributed by atoms with Crippen LogP contribution in [0.25, 0.3) is 0 Å². The third-order valence-corrected chi connectivity index (χ3v) is 3.29. The minimum atomic E-state index is -4.90. The van der Waals surface area contributed by atoms with E-state index in [-0.39, 0.29) is 16.0 Å². The zero-order chi connectivity index (χ0) is 17.1. The minimum Gasteiger partial charge on any atom is -0.480 e. The number of carboxylic acids is 1. The van der Waals surface area contributed by atoms with Gasteiger partial charge in [0.2, 0.25) is 0 Å². The third kappa shape index (κ3) is 5.21. The SMILES string of the molecule is CC(C)[C@@H](NC(=O)c1ccc(Br)c(OC(F)(F)F)c1)C(=O)O. The zero-order valence-electron chi connectivity index (χ0n) is 11.6. The number of benzene rings is 1. The summed E-state index contributed by atoms with van der Waals surface area (Å²) < 4.78 is 40.6. The van der Waals surface area contributed by atoms with Gasteiger partial charge in [0.1, 0.15) is 11.8 Å². The molecular weight excluding hydrogens is 371 g/mol. The van der Waals surface area contributed by atoms with E-state index in [0.29, 0.717) is 0 Å². The molecule has 1 atom stereocenters. The number of amides is 1. The molecule has 0 radical (unpaired) electrons. The number of hydrogen-bond donors (Lipinski definition) is 2. The molecule has 0 aliphatic rings. The van der Waals surface area contributed by atoms with Gasteiger partial charge >= 0.3 is 12.3 Å². The summed E-state index contributed by atoms with van der Waals surface area (Å²) in [6.07, 6.45) is -4.90. The summed E-state index contributed by atoms with van der Waals surface area (Å²) in [5.41, 5.74) is -0.144. The van der Waals surface area contributed by atoms with Gasteiger partial charge in [0.05, 0.1) is 4.47 Å². The molecule has 0 fully saturated rings. The van der Waals surface area contributed by atoms with E-state index in [2.05, 4.69) is 26.0 Å². The van der Waals surface area contributed by atoms with Crippen LogP contribution in [0.4, 0.5) is 13.2 Å². The lowest BCUT2D eigenvalue weighted by Gasteiger charge is -2.18. The lowest BCUT2D eigenvalue weighted by molar-refractivity contribution is -0.274. The molecule has 0 unspecified atom stereocenters. The molecule has 122 valence electrons. The maximum Gasteiger partial charge on any atom is 0.573 e. The third-order valence-electron chi connectivity index (χ3n) is 2.64. The largest absolute Gasteiger partial charge is 0.573 e. The predicted octanol–water partition coefficient (Wildman–Crippen LogP) is 3.19. The Hall–Kier alpha value is -1.77. The van der Waals surface area contributed by atoms with E-state index in [9.17, 15) is 22.8 Å². The van der Waals surface area contributed by atoms with E-state index < -0.39 is 30.0 Å². The van der Waals surface area contributed by atoms with Crippen LogP contribution in [-0.2, 0) is 4.79 Å². The second-order valence-electron chi connectivity index (χ2n) is 4.73. The molecule has 1 rings (SSSR count). The molecule has 1 aromatic rings. The van der Waals surface area contributed by atoms with Crippen molar-refractivity contribution >= 4 is 27.8 Å². The summed E-state index contributed by atoms with van der Waals surface area (Å²) >= 11 is 2.88. The number of alkyl halides is 3. The van der Waals surface area contributed by atoms with Crippen molar-refractivity contribution in [2.45, 2.75) is 26.3 Å². The van der Waals surface area contributed by atoms with E-state index >= 15 is 0 Å². The number of halogens is 4. The fourth-order valence-corrected chi connectivity index (χ4v) is 1.91. The Morgan fingerprint density at radius 1 is 1.32 bits per heavy atom. The summed E-state index contributed by atoms with van der Waals surface area (Å²) in [7, 11) is 0. The number of rotatable bonds is 5. The van der Waals surface area contributed by atoms with E-state index in [0.717, 1.165) is 6.07 Å². The lowest BCUT2D eigenvalue weighted by atomic mass is 10.0. The second kappa shape index (κ2) is 6.99. The Labute approximate surface area is 132 Å². The Kier molecular flexibility index (Phi) is 5.81. The number of carbonyl (C=O) groups excluding carboxylic acids is 1. The number of nitrogens with one attached hydrogen (secondary N) is 1. The van der Waals surface area contributed by atoms with Crippen molar-refractivity contribution in [3.63, 3.8) is 0 Å². The summed E-state index contributed by atoms with van der Waals surface area (Å²) in [6.45, 7) is 3.19. The lowest BCUT2D eigenvalue weighted by Crippen LogP contribution is -2.44. The highest BCUT2D eigenvalue weighted by molar-refractivity contribution is 9.10. The summed E-state index contributed by atoms with van der Waals surface area (Å²) in [5, 5.41) is 11.2. The Bertz CT molecular complexity index is 575. The number of carboxylic acid groups (broad SMARTS) is 1. The van der Waals surface area contributed by atoms with Crippen LogP contribution >= 0.6 is 15.9 Å². The summed E-state index contributed by atoms with van der Waals surface area (Å²) in [6, 6.07) is 2.19. The quantitative estimate of drug-likeness (QED) is 0.818. The molecular formula is C13H13BrF3NO4. The van der Waals surface area contributed by atoms with Crippen LogP contribution < -0.4 is 10.1 Å². The van der Waals surface area contributed by atoms with Crippen molar-refractivity contribution in [3.8, 4) is 5.75 Å². The maximum atomic E-state index is 12.3. The maximum absolute atomic E-state index is 12.3. The van der Waals surface area contributed by atoms with E-state index in [1.807, 2.05) is 0 Å². The van der Waals surface area contributed by atoms with Crippen LogP contribution in [0.5, 0.6) is 5.75 Å². The van der Waals surface area contributed by atoms with Crippen LogP contribution in [0.3, 0.4) is 0 Å². The van der Waals surface area contributed by atoms with Gasteiger partial charge in [0.15, 0.2) is 0 Å². The average Bonchev–Trinajstić information content (AvgIpc) is 2.35. The number of hydrogen-bond acceptors (Lipinski definition) is 3. The van der Waals surface area contributed by atoms with Crippen LogP contribution in [0.2, 0.25) is 0 Å². The van der Waals surface area contributed by atoms with Crippen molar-refractivity contribution in [3.05, 3.63) is 28.2 Å². The van der Waals surface area contributed by atoms with Gasteiger partial charge in [0, 0.05) is 5.56 Å². The highest BCUT2D eigenvalue weighted by atomic mass is 79.9. The van der Waals surface area contributed by atoms with Crippen LogP contribution in [-0.4, -0.2) is 29.4 Å². The number of ether oxygens (including phenoxy) is 1. The molecule has 0 saturated heterocycles. The highest BCUT2D eigenvalue weighted by Gasteiger charge is 2.32. The molecule has 22 heavy (non-hydrogen) atoms. The van der Waals surface area contributed by atoms with Gasteiger partial charge in [-0.05, 0) is 40.0 Å². The van der Waals surface area contributed by atoms with Crippen molar-refractivity contribution in [2.75, 3.05) is 0 Å². The predicted molar refractivity (Wildman–Crippen MR) is 74.6 cm³/mol. The van der Waals surface area contributed by atoms with Crippen molar-refractivity contribution in [1.82, 2.24) is 5.32 Å². The molecule has 9 heteroatoms. The second-order valence-corrected chi connectivity index (χ2v) is 5.58. The first kappa shape index (κ1) is 18.3. The Morgan fingerprint density at radius 2 is 1.91 bits per heavy atom. The first-order valence-corrected chi connectivity index (χ1v) is 6.89. The number of carbonyl (C=O) groups is 2. The molecule has 2 N–H and O–H groups in total. The minimum absolute atomic E-state index is 0.0139. The molecule has 0 bridgehead atoms. The van der Waals surface area contributed by atoms with Gasteiger partial charge in [-0.3, -0.25) is 4.79 Å². The fraction of sp³-hybridized carbons (Fsp3) is 0.385. The average molecular weight is 384 g/mol. The standard InChI is InChI=1S/C13H13BrF3NO4/c1-6(2)10(12(20)21)18-11(19)7-3-4-8(14)9(5-7)22-13(15,16)17/h3-6,10H,1-2H3,(H,18,19)(H,20,21)/t10-/m1/s1. The van der Waals surface area contributed by atoms with E-state index in [4.69, 9.17) is 5.11 Å². The molecule has 1 amide bonds. The van der Waals surface area contributed by atoms with Gasteiger partial charge in [-0.25, -0.2) is 4.79 Å². The summed E-state index contributed by atoms with van der Waals surface area (Å²) in [4.78, 5) is 23.0. The first-order valence-electron chi connectivity index (χ1n) is 6.10. The molecule has 0 heterocycles. The van der Waals surface area contributed by atoms with Gasteiger partial charge < -0.3 is 15.2 Å². The van der Waals surface area contributed by atoms with Crippen molar-refractivity contribution < 1.29 is 32.6 Å². The van der Waals surface area contributed by atoms with Crippen LogP contribution in [0.15, 0.2) is 22.7 Å². The highest BCUT2D eigenvalue weighted by Crippen LogP contribution is 2.31. The Balaban J connectivity index is 2.99. The first-order chi connectivity index (χ1) is 10.0. The smallest absolute Gasteiger partial charge is 0.480 e. The van der Waals surface area contributed by atoms with E-state index in [1.165, 1.54) is 12.1 Å². The molecule has 0 spiro atoms. The topological polar surface area (TPSA) is 75.6 Å². The van der Waals surface area contributed by atoms with Crippen molar-refractivity contribution in [1.29, 1.82) is 0 Å². The summed E-state index contributed by atoms with van der Waals surface area (Å²) in [5.74, 6) is -3.01. The van der Waals surface area contributed by atoms with E-state index in [1.54, 1.807) is 13.8 Å². The molecule has 0 aliphatic heterocycles. The van der Waals surface area contributed by atoms with Gasteiger partial charge in [0.25, 0.3) is 5.91 Å². The zero-order valence-corrected chi connectivity index (χ0v) is 13.2. The normalized spacial score (nSPS) is 12.9. The molecule has 0 aliphatic carbocycles. The fourth-order valence-electron chi connectivity index (χ4n) is 1.59. The van der Waals surface area contributed by atoms with Gasteiger partial charge in [-0.2, -0.15) is 0 Å². The van der Waals surface area contributed by atoms with Crippen LogP contribution in [0, 0.1) is 5.92 Å². The van der Waals surface area contributed by atoms with Crippen molar-refractivity contribution in [2.24, 2.45) is 5.92 Å². The molecule has 1 aromatic carbocycles. The van der Waals surface area contributed by atoms with Crippen LogP contribution in [0.1, 0.15) is 24.2 Å². The van der Waals surface area contributed by atoms with Gasteiger partial charge in [-0.15, -0.1) is 13.2 Å². The molecule has 0 aromatic heterocycles. The Morgan fingerprint density at radius 3 is 2.36 bits per heavy atom. The molecule has 0 saturated carbocycles.